The van der Waals surface area contributed by atoms with Crippen LogP contribution in [-0.4, -0.2) is 42.5 Å². The maximum Gasteiger partial charge on any atom is 0.253 e. The first-order chi connectivity index (χ1) is 9.99. The van der Waals surface area contributed by atoms with Gasteiger partial charge < -0.3 is 10.2 Å². The molecule has 2 rings (SSSR count). The molecule has 0 saturated carbocycles. The largest absolute Gasteiger partial charge is 0.350 e. The van der Waals surface area contributed by atoms with Crippen LogP contribution < -0.4 is 5.32 Å². The lowest BCUT2D eigenvalue weighted by atomic mass is 10.1. The Bertz CT molecular complexity index is 608. The van der Waals surface area contributed by atoms with Gasteiger partial charge in [0.25, 0.3) is 5.91 Å². The molecule has 0 aromatic carbocycles. The van der Waals surface area contributed by atoms with E-state index in [1.807, 2.05) is 44.6 Å². The summed E-state index contributed by atoms with van der Waals surface area (Å²) < 4.78 is 0. The normalized spacial score (nSPS) is 12.4. The Balaban J connectivity index is 2.08. The zero-order valence-electron chi connectivity index (χ0n) is 12.9. The maximum absolute atomic E-state index is 12.2. The highest BCUT2D eigenvalue weighted by Crippen LogP contribution is 2.21. The van der Waals surface area contributed by atoms with E-state index in [-0.39, 0.29) is 5.91 Å². The van der Waals surface area contributed by atoms with Gasteiger partial charge in [-0.1, -0.05) is 0 Å². The van der Waals surface area contributed by atoms with Crippen molar-refractivity contribution >= 4 is 17.2 Å². The van der Waals surface area contributed by atoms with Crippen molar-refractivity contribution in [2.75, 3.05) is 20.6 Å². The second-order valence-corrected chi connectivity index (χ2v) is 6.14. The number of aryl methyl sites for hydroxylation is 1. The van der Waals surface area contributed by atoms with Crippen molar-refractivity contribution < 1.29 is 4.79 Å². The van der Waals surface area contributed by atoms with Crippen LogP contribution in [0.5, 0.6) is 0 Å². The summed E-state index contributed by atoms with van der Waals surface area (Å²) in [6.07, 6.45) is 0. The lowest BCUT2D eigenvalue weighted by Gasteiger charge is -2.20. The molecule has 4 nitrogen and oxygen atoms in total. The first-order valence-electron chi connectivity index (χ1n) is 6.94. The third-order valence-corrected chi connectivity index (χ3v) is 4.27. The predicted molar refractivity (Wildman–Crippen MR) is 87.8 cm³/mol. The fraction of sp³-hybridized carbons (Fsp3) is 0.375. The van der Waals surface area contributed by atoms with Crippen LogP contribution in [0.25, 0.3) is 11.3 Å². The van der Waals surface area contributed by atoms with Crippen molar-refractivity contribution in [1.29, 1.82) is 0 Å². The van der Waals surface area contributed by atoms with Gasteiger partial charge in [0.1, 0.15) is 0 Å². The van der Waals surface area contributed by atoms with Gasteiger partial charge in [-0.2, -0.15) is 11.3 Å². The zero-order chi connectivity index (χ0) is 15.4. The molecule has 0 unspecified atom stereocenters. The molecular weight excluding hydrogens is 282 g/mol. The molecule has 2 aromatic heterocycles. The summed E-state index contributed by atoms with van der Waals surface area (Å²) in [4.78, 5) is 18.8. The Kier molecular flexibility index (Phi) is 5.09. The minimum absolute atomic E-state index is 0.0643. The molecule has 0 radical (unpaired) electrons. The fourth-order valence-electron chi connectivity index (χ4n) is 1.89. The number of carbonyl (C=O) groups excluding carboxylic acids is 1. The number of amides is 1. The highest BCUT2D eigenvalue weighted by molar-refractivity contribution is 7.08. The molecule has 1 N–H and O–H groups in total. The molecule has 0 saturated heterocycles. The number of nitrogens with one attached hydrogen (secondary N) is 1. The van der Waals surface area contributed by atoms with Crippen LogP contribution in [-0.2, 0) is 0 Å². The highest BCUT2D eigenvalue weighted by atomic mass is 32.1. The van der Waals surface area contributed by atoms with E-state index in [1.54, 1.807) is 11.3 Å². The van der Waals surface area contributed by atoms with E-state index in [4.69, 9.17) is 0 Å². The van der Waals surface area contributed by atoms with Crippen molar-refractivity contribution in [1.82, 2.24) is 15.2 Å². The smallest absolute Gasteiger partial charge is 0.253 e. The number of nitrogens with zero attached hydrogens (tertiary/aromatic N) is 2. The first kappa shape index (κ1) is 15.7. The maximum atomic E-state index is 12.2. The van der Waals surface area contributed by atoms with Crippen LogP contribution in [0.2, 0.25) is 0 Å². The molecule has 112 valence electrons. The molecular formula is C16H21N3OS. The number of hydrogen-bond acceptors (Lipinski definition) is 4. The van der Waals surface area contributed by atoms with E-state index in [0.717, 1.165) is 17.0 Å². The summed E-state index contributed by atoms with van der Waals surface area (Å²) in [5.41, 5.74) is 3.40. The summed E-state index contributed by atoms with van der Waals surface area (Å²) in [6, 6.07) is 6.09. The molecule has 0 aliphatic heterocycles. The average Bonchev–Trinajstić information content (AvgIpc) is 2.98. The van der Waals surface area contributed by atoms with E-state index < -0.39 is 0 Å². The van der Waals surface area contributed by atoms with Crippen molar-refractivity contribution in [3.8, 4) is 11.3 Å². The van der Waals surface area contributed by atoms with E-state index in [2.05, 4.69) is 27.5 Å². The number of carbonyl (C=O) groups is 1. The van der Waals surface area contributed by atoms with Crippen LogP contribution in [0.4, 0.5) is 0 Å². The molecule has 1 amide bonds. The van der Waals surface area contributed by atoms with Gasteiger partial charge in [0.2, 0.25) is 0 Å². The van der Waals surface area contributed by atoms with Crippen LogP contribution in [0, 0.1) is 6.92 Å². The number of hydrogen-bond donors (Lipinski definition) is 1. The van der Waals surface area contributed by atoms with Gasteiger partial charge in [0.15, 0.2) is 0 Å². The number of pyridine rings is 1. The fourth-order valence-corrected chi connectivity index (χ4v) is 2.54. The summed E-state index contributed by atoms with van der Waals surface area (Å²) in [5.74, 6) is -0.0643. The molecule has 5 heteroatoms. The van der Waals surface area contributed by atoms with Crippen LogP contribution in [0.3, 0.4) is 0 Å². The van der Waals surface area contributed by atoms with E-state index in [1.165, 1.54) is 0 Å². The second kappa shape index (κ2) is 6.83. The Morgan fingerprint density at radius 2 is 2.14 bits per heavy atom. The summed E-state index contributed by atoms with van der Waals surface area (Å²) in [5, 5.41) is 7.04. The van der Waals surface area contributed by atoms with Crippen molar-refractivity contribution in [3.63, 3.8) is 0 Å². The van der Waals surface area contributed by atoms with Crippen LogP contribution >= 0.6 is 11.3 Å². The molecule has 0 bridgehead atoms. The number of likely N-dealkylation sites (N-methyl/N-ethyl adjacent to an activating group) is 1. The zero-order valence-corrected chi connectivity index (χ0v) is 13.7. The molecule has 21 heavy (non-hydrogen) atoms. The number of thiophene rings is 1. The lowest BCUT2D eigenvalue weighted by molar-refractivity contribution is 0.0942. The standard InChI is InChI=1S/C16H21N3OS/c1-11(19(3)4)9-17-16(20)14-5-6-15(18-12(14)2)13-7-8-21-10-13/h5-8,10-11H,9H2,1-4H3,(H,17,20)/t11-/m1/s1. The number of rotatable bonds is 5. The topological polar surface area (TPSA) is 45.2 Å². The third kappa shape index (κ3) is 3.89. The van der Waals surface area contributed by atoms with Gasteiger partial charge in [-0.25, -0.2) is 0 Å². The molecule has 1 atom stereocenters. The molecule has 0 aliphatic rings. The van der Waals surface area contributed by atoms with Gasteiger partial charge in [-0.3, -0.25) is 9.78 Å². The minimum atomic E-state index is -0.0643. The monoisotopic (exact) mass is 303 g/mol. The van der Waals surface area contributed by atoms with Gasteiger partial charge in [-0.05, 0) is 51.5 Å². The minimum Gasteiger partial charge on any atom is -0.350 e. The Hall–Kier alpha value is -1.72. The highest BCUT2D eigenvalue weighted by Gasteiger charge is 2.13. The van der Waals surface area contributed by atoms with Gasteiger partial charge in [0.05, 0.1) is 17.0 Å². The van der Waals surface area contributed by atoms with Gasteiger partial charge in [-0.15, -0.1) is 0 Å². The lowest BCUT2D eigenvalue weighted by Crippen LogP contribution is -2.38. The number of aromatic nitrogens is 1. The van der Waals surface area contributed by atoms with Gasteiger partial charge in [0, 0.05) is 23.5 Å². The molecule has 0 aliphatic carbocycles. The molecule has 0 fully saturated rings. The van der Waals surface area contributed by atoms with E-state index in [9.17, 15) is 4.79 Å². The summed E-state index contributed by atoms with van der Waals surface area (Å²) in [7, 11) is 4.00. The molecule has 2 aromatic rings. The summed E-state index contributed by atoms with van der Waals surface area (Å²) in [6.45, 7) is 4.57. The van der Waals surface area contributed by atoms with E-state index in [0.29, 0.717) is 18.2 Å². The average molecular weight is 303 g/mol. The van der Waals surface area contributed by atoms with Crippen molar-refractivity contribution in [2.24, 2.45) is 0 Å². The first-order valence-corrected chi connectivity index (χ1v) is 7.88. The molecule has 0 spiro atoms. The van der Waals surface area contributed by atoms with Crippen molar-refractivity contribution in [3.05, 3.63) is 40.2 Å². The Morgan fingerprint density at radius 3 is 2.71 bits per heavy atom. The van der Waals surface area contributed by atoms with Crippen molar-refractivity contribution in [2.45, 2.75) is 19.9 Å². The van der Waals surface area contributed by atoms with Crippen LogP contribution in [0.1, 0.15) is 23.0 Å². The predicted octanol–water partition coefficient (Wildman–Crippen LogP) is 2.80. The summed E-state index contributed by atoms with van der Waals surface area (Å²) >= 11 is 1.64. The Labute approximate surface area is 129 Å². The van der Waals surface area contributed by atoms with Gasteiger partial charge >= 0.3 is 0 Å². The third-order valence-electron chi connectivity index (χ3n) is 3.59. The van der Waals surface area contributed by atoms with E-state index >= 15 is 0 Å². The van der Waals surface area contributed by atoms with Crippen LogP contribution in [0.15, 0.2) is 29.0 Å². The SMILES string of the molecule is Cc1nc(-c2ccsc2)ccc1C(=O)NC[C@@H](C)N(C)C. The quantitative estimate of drug-likeness (QED) is 0.924. The second-order valence-electron chi connectivity index (χ2n) is 5.36. The molecule has 2 heterocycles. The Morgan fingerprint density at radius 1 is 1.38 bits per heavy atom.